The van der Waals surface area contributed by atoms with Crippen molar-refractivity contribution in [3.8, 4) is 0 Å². The molecule has 0 atom stereocenters. The maximum absolute atomic E-state index is 2.58. The van der Waals surface area contributed by atoms with E-state index >= 15 is 0 Å². The highest BCUT2D eigenvalue weighted by molar-refractivity contribution is 14.1. The summed E-state index contributed by atoms with van der Waals surface area (Å²) in [6.07, 6.45) is 0. The van der Waals surface area contributed by atoms with Crippen molar-refractivity contribution >= 4 is 22.6 Å². The maximum Gasteiger partial charge on any atom is 0.0674 e. The molecule has 0 amide bonds. The van der Waals surface area contributed by atoms with Crippen molar-refractivity contribution in [2.45, 2.75) is 43.7 Å². The van der Waals surface area contributed by atoms with E-state index in [1.54, 1.807) is 0 Å². The molecule has 0 bridgehead atoms. The Morgan fingerprint density at radius 3 is 1.43 bits per heavy atom. The molecule has 0 aliphatic carbocycles. The molecule has 1 fully saturated rings. The summed E-state index contributed by atoms with van der Waals surface area (Å²) >= 11 is 2.53. The molecule has 1 heterocycles. The van der Waals surface area contributed by atoms with E-state index in [9.17, 15) is 0 Å². The minimum Gasteiger partial charge on any atom is -0.296 e. The van der Waals surface area contributed by atoms with Crippen LogP contribution in [0, 0.1) is 0 Å². The highest BCUT2D eigenvalue weighted by Gasteiger charge is 2.30. The van der Waals surface area contributed by atoms with Gasteiger partial charge in [-0.2, -0.15) is 0 Å². The fourth-order valence-corrected chi connectivity index (χ4v) is 2.39. The molecular weight excluding hydrogens is 287 g/mol. The molecule has 1 aliphatic heterocycles. The van der Waals surface area contributed by atoms with Gasteiger partial charge in [0.2, 0.25) is 0 Å². The molecule has 14 heavy (non-hydrogen) atoms. The van der Waals surface area contributed by atoms with Gasteiger partial charge in [0.1, 0.15) is 0 Å². The van der Waals surface area contributed by atoms with Gasteiger partial charge in [-0.15, -0.1) is 0 Å². The molecule has 1 rings (SSSR count). The Kier molecular flexibility index (Phi) is 3.87. The lowest BCUT2D eigenvalue weighted by Gasteiger charge is -2.45. The average molecular weight is 310 g/mol. The largest absolute Gasteiger partial charge is 0.296 e. The molecule has 0 saturated carbocycles. The van der Waals surface area contributed by atoms with Gasteiger partial charge in [0.05, 0.1) is 3.55 Å². The first-order chi connectivity index (χ1) is 6.21. The van der Waals surface area contributed by atoms with Crippen LogP contribution in [0.25, 0.3) is 0 Å². The third-order valence-electron chi connectivity index (χ3n) is 2.98. The standard InChI is InChI=1S/C11H23IN2/c1-10(2,3)13-6-8-14(9-7-13)11(4,5)12/h6-9H2,1-5H3. The van der Waals surface area contributed by atoms with Crippen LogP contribution in [-0.2, 0) is 0 Å². The second-order valence-electron chi connectivity index (χ2n) is 5.55. The summed E-state index contributed by atoms with van der Waals surface area (Å²) in [5, 5.41) is 0. The quantitative estimate of drug-likeness (QED) is 0.417. The van der Waals surface area contributed by atoms with E-state index in [1.165, 1.54) is 26.2 Å². The SMILES string of the molecule is CC(C)(C)N1CCN(C(C)(C)I)CC1. The molecule has 0 radical (unpaired) electrons. The highest BCUT2D eigenvalue weighted by Crippen LogP contribution is 2.25. The van der Waals surface area contributed by atoms with Crippen molar-refractivity contribution in [2.24, 2.45) is 0 Å². The lowest BCUT2D eigenvalue weighted by Crippen LogP contribution is -2.56. The molecule has 0 aromatic heterocycles. The van der Waals surface area contributed by atoms with Crippen LogP contribution < -0.4 is 0 Å². The number of piperazine rings is 1. The van der Waals surface area contributed by atoms with E-state index in [0.717, 1.165) is 0 Å². The third-order valence-corrected chi connectivity index (χ3v) is 3.66. The van der Waals surface area contributed by atoms with Crippen LogP contribution in [0.4, 0.5) is 0 Å². The van der Waals surface area contributed by atoms with Crippen molar-refractivity contribution in [1.29, 1.82) is 0 Å². The zero-order chi connectivity index (χ0) is 11.0. The lowest BCUT2D eigenvalue weighted by atomic mass is 10.0. The van der Waals surface area contributed by atoms with Crippen LogP contribution in [0.5, 0.6) is 0 Å². The Balaban J connectivity index is 2.47. The molecular formula is C11H23IN2. The molecule has 0 aromatic carbocycles. The number of alkyl halides is 1. The molecule has 1 aliphatic rings. The Labute approximate surface area is 102 Å². The van der Waals surface area contributed by atoms with E-state index in [-0.39, 0.29) is 0 Å². The number of hydrogen-bond acceptors (Lipinski definition) is 2. The topological polar surface area (TPSA) is 6.48 Å². The van der Waals surface area contributed by atoms with E-state index in [2.05, 4.69) is 67.0 Å². The van der Waals surface area contributed by atoms with Crippen molar-refractivity contribution in [2.75, 3.05) is 26.2 Å². The van der Waals surface area contributed by atoms with Gasteiger partial charge in [-0.25, -0.2) is 0 Å². The van der Waals surface area contributed by atoms with Gasteiger partial charge in [0, 0.05) is 31.7 Å². The maximum atomic E-state index is 2.58. The third kappa shape index (κ3) is 3.35. The van der Waals surface area contributed by atoms with Crippen LogP contribution in [0.3, 0.4) is 0 Å². The minimum atomic E-state index is 0.307. The summed E-state index contributed by atoms with van der Waals surface area (Å²) < 4.78 is 0.307. The first-order valence-corrected chi connectivity index (χ1v) is 6.48. The molecule has 3 heteroatoms. The normalized spacial score (nSPS) is 22.7. The second kappa shape index (κ2) is 4.26. The van der Waals surface area contributed by atoms with Crippen LogP contribution in [0.2, 0.25) is 0 Å². The van der Waals surface area contributed by atoms with E-state index in [0.29, 0.717) is 9.08 Å². The average Bonchev–Trinajstić information content (AvgIpc) is 2.01. The van der Waals surface area contributed by atoms with Crippen LogP contribution in [0.1, 0.15) is 34.6 Å². The van der Waals surface area contributed by atoms with Gasteiger partial charge < -0.3 is 0 Å². The van der Waals surface area contributed by atoms with Crippen molar-refractivity contribution in [3.63, 3.8) is 0 Å². The molecule has 0 aromatic rings. The van der Waals surface area contributed by atoms with Gasteiger partial charge in [-0.05, 0) is 34.6 Å². The summed E-state index contributed by atoms with van der Waals surface area (Å²) in [5.74, 6) is 0. The van der Waals surface area contributed by atoms with Crippen LogP contribution in [0.15, 0.2) is 0 Å². The van der Waals surface area contributed by atoms with Gasteiger partial charge in [-0.1, -0.05) is 22.6 Å². The Bertz CT molecular complexity index is 160. The molecule has 2 nitrogen and oxygen atoms in total. The first-order valence-electron chi connectivity index (χ1n) is 5.40. The van der Waals surface area contributed by atoms with Crippen LogP contribution in [-0.4, -0.2) is 45.1 Å². The molecule has 0 N–H and O–H groups in total. The predicted octanol–water partition coefficient (Wildman–Crippen LogP) is 2.57. The number of halogens is 1. The molecule has 0 spiro atoms. The van der Waals surface area contributed by atoms with Crippen molar-refractivity contribution in [1.82, 2.24) is 9.80 Å². The first kappa shape index (κ1) is 12.7. The monoisotopic (exact) mass is 310 g/mol. The lowest BCUT2D eigenvalue weighted by molar-refractivity contribution is 0.0454. The minimum absolute atomic E-state index is 0.307. The fraction of sp³-hybridized carbons (Fsp3) is 1.00. The van der Waals surface area contributed by atoms with Gasteiger partial charge in [0.25, 0.3) is 0 Å². The van der Waals surface area contributed by atoms with Crippen molar-refractivity contribution in [3.05, 3.63) is 0 Å². The Hall–Kier alpha value is 0.650. The number of hydrogen-bond donors (Lipinski definition) is 0. The highest BCUT2D eigenvalue weighted by atomic mass is 127. The summed E-state index contributed by atoms with van der Waals surface area (Å²) in [5.41, 5.74) is 0.335. The molecule has 1 saturated heterocycles. The molecule has 0 unspecified atom stereocenters. The Morgan fingerprint density at radius 2 is 1.14 bits per heavy atom. The second-order valence-corrected chi connectivity index (χ2v) is 8.19. The summed E-state index contributed by atoms with van der Waals surface area (Å²) in [6, 6.07) is 0. The summed E-state index contributed by atoms with van der Waals surface area (Å²) in [7, 11) is 0. The predicted molar refractivity (Wildman–Crippen MR) is 71.0 cm³/mol. The van der Waals surface area contributed by atoms with E-state index in [4.69, 9.17) is 0 Å². The summed E-state index contributed by atoms with van der Waals surface area (Å²) in [4.78, 5) is 5.14. The fourth-order valence-electron chi connectivity index (χ4n) is 1.91. The van der Waals surface area contributed by atoms with Gasteiger partial charge in [-0.3, -0.25) is 9.80 Å². The smallest absolute Gasteiger partial charge is 0.0674 e. The van der Waals surface area contributed by atoms with E-state index in [1.807, 2.05) is 0 Å². The van der Waals surface area contributed by atoms with E-state index < -0.39 is 0 Å². The van der Waals surface area contributed by atoms with Gasteiger partial charge >= 0.3 is 0 Å². The molecule has 84 valence electrons. The number of nitrogens with zero attached hydrogens (tertiary/aromatic N) is 2. The zero-order valence-corrected chi connectivity index (χ0v) is 12.3. The summed E-state index contributed by atoms with van der Waals surface area (Å²) in [6.45, 7) is 16.3. The van der Waals surface area contributed by atoms with Crippen molar-refractivity contribution < 1.29 is 0 Å². The zero-order valence-electron chi connectivity index (χ0n) is 10.1. The van der Waals surface area contributed by atoms with Gasteiger partial charge in [0.15, 0.2) is 0 Å². The Morgan fingerprint density at radius 1 is 0.786 bits per heavy atom. The number of rotatable bonds is 1. The van der Waals surface area contributed by atoms with Crippen LogP contribution >= 0.6 is 22.6 Å².